The Morgan fingerprint density at radius 2 is 1.69 bits per heavy atom. The molecule has 0 bridgehead atoms. The first-order valence-electron chi connectivity index (χ1n) is 4.79. The van der Waals surface area contributed by atoms with Crippen molar-refractivity contribution in [1.82, 2.24) is 5.32 Å². The van der Waals surface area contributed by atoms with Gasteiger partial charge in [-0.15, -0.1) is 0 Å². The third-order valence-electron chi connectivity index (χ3n) is 2.52. The Balaban J connectivity index is 2.50. The van der Waals surface area contributed by atoms with Gasteiger partial charge in [-0.2, -0.15) is 0 Å². The van der Waals surface area contributed by atoms with Gasteiger partial charge in [-0.1, -0.05) is 13.8 Å². The molecule has 4 atom stereocenters. The summed E-state index contributed by atoms with van der Waals surface area (Å²) >= 11 is 0. The summed E-state index contributed by atoms with van der Waals surface area (Å²) in [5.74, 6) is 0.469. The fourth-order valence-electron chi connectivity index (χ4n) is 1.82. The molecule has 4 heteroatoms. The normalized spacial score (nSPS) is 40.2. The second-order valence-corrected chi connectivity index (χ2v) is 4.17. The van der Waals surface area contributed by atoms with Crippen LogP contribution in [0, 0.1) is 5.92 Å². The van der Waals surface area contributed by atoms with Gasteiger partial charge in [0.2, 0.25) is 0 Å². The summed E-state index contributed by atoms with van der Waals surface area (Å²) in [6.07, 6.45) is -0.775. The van der Waals surface area contributed by atoms with Crippen LogP contribution in [0.25, 0.3) is 0 Å². The van der Waals surface area contributed by atoms with Gasteiger partial charge in [0.15, 0.2) is 0 Å². The number of hydrogen-bond acceptors (Lipinski definition) is 4. The van der Waals surface area contributed by atoms with E-state index >= 15 is 0 Å². The quantitative estimate of drug-likeness (QED) is 0.463. The number of aliphatic hydroxyl groups is 3. The highest BCUT2D eigenvalue weighted by molar-refractivity contribution is 4.97. The van der Waals surface area contributed by atoms with E-state index in [0.717, 1.165) is 6.42 Å². The van der Waals surface area contributed by atoms with Gasteiger partial charge >= 0.3 is 0 Å². The summed E-state index contributed by atoms with van der Waals surface area (Å²) in [5, 5.41) is 30.9. The van der Waals surface area contributed by atoms with Gasteiger partial charge in [0.05, 0.1) is 24.9 Å². The molecule has 0 radical (unpaired) electrons. The molecule has 0 aliphatic carbocycles. The molecule has 1 fully saturated rings. The highest BCUT2D eigenvalue weighted by atomic mass is 16.3. The lowest BCUT2D eigenvalue weighted by Gasteiger charge is -2.17. The zero-order valence-electron chi connectivity index (χ0n) is 8.14. The summed E-state index contributed by atoms with van der Waals surface area (Å²) in [7, 11) is 0. The molecule has 0 spiro atoms. The Morgan fingerprint density at radius 3 is 2.08 bits per heavy atom. The van der Waals surface area contributed by atoms with Crippen molar-refractivity contribution in [3.8, 4) is 0 Å². The fourth-order valence-corrected chi connectivity index (χ4v) is 1.82. The summed E-state index contributed by atoms with van der Waals surface area (Å²) in [4.78, 5) is 0. The van der Waals surface area contributed by atoms with Crippen LogP contribution in [0.2, 0.25) is 0 Å². The van der Waals surface area contributed by atoms with Gasteiger partial charge < -0.3 is 20.6 Å². The van der Waals surface area contributed by atoms with E-state index < -0.39 is 12.2 Å². The molecule has 13 heavy (non-hydrogen) atoms. The summed E-state index contributed by atoms with van der Waals surface area (Å²) in [6.45, 7) is 3.99. The molecule has 78 valence electrons. The van der Waals surface area contributed by atoms with Crippen LogP contribution in [-0.4, -0.2) is 46.2 Å². The first-order chi connectivity index (χ1) is 6.06. The summed E-state index contributed by atoms with van der Waals surface area (Å²) in [5.41, 5.74) is 0. The van der Waals surface area contributed by atoms with E-state index in [4.69, 9.17) is 5.11 Å². The van der Waals surface area contributed by atoms with Crippen molar-refractivity contribution in [3.05, 3.63) is 0 Å². The van der Waals surface area contributed by atoms with Crippen LogP contribution in [-0.2, 0) is 0 Å². The van der Waals surface area contributed by atoms with Gasteiger partial charge in [-0.3, -0.25) is 0 Å². The van der Waals surface area contributed by atoms with Gasteiger partial charge in [0, 0.05) is 6.04 Å². The minimum Gasteiger partial charge on any atom is -0.395 e. The minimum absolute atomic E-state index is 0.0906. The molecule has 1 heterocycles. The second-order valence-electron chi connectivity index (χ2n) is 4.17. The molecule has 1 rings (SSSR count). The van der Waals surface area contributed by atoms with Crippen molar-refractivity contribution in [2.45, 2.75) is 44.6 Å². The lowest BCUT2D eigenvalue weighted by Crippen LogP contribution is -2.36. The van der Waals surface area contributed by atoms with Gasteiger partial charge in [0.1, 0.15) is 0 Å². The van der Waals surface area contributed by atoms with E-state index in [9.17, 15) is 10.2 Å². The first kappa shape index (κ1) is 10.9. The molecule has 4 nitrogen and oxygen atoms in total. The molecule has 0 saturated carbocycles. The Bertz CT molecular complexity index is 163. The molecule has 0 aromatic rings. The zero-order valence-corrected chi connectivity index (χ0v) is 8.14. The highest BCUT2D eigenvalue weighted by Gasteiger charge is 2.40. The van der Waals surface area contributed by atoms with Gasteiger partial charge in [-0.05, 0) is 12.3 Å². The topological polar surface area (TPSA) is 72.7 Å². The van der Waals surface area contributed by atoms with E-state index in [-0.39, 0.29) is 18.7 Å². The smallest absolute Gasteiger partial charge is 0.0989 e. The number of hydrogen-bond donors (Lipinski definition) is 4. The van der Waals surface area contributed by atoms with E-state index in [1.807, 2.05) is 0 Å². The number of rotatable bonds is 3. The van der Waals surface area contributed by atoms with Crippen molar-refractivity contribution < 1.29 is 15.3 Å². The van der Waals surface area contributed by atoms with Crippen LogP contribution in [0.4, 0.5) is 0 Å². The molecule has 0 aromatic heterocycles. The molecule has 1 aliphatic heterocycles. The molecule has 1 saturated heterocycles. The lowest BCUT2D eigenvalue weighted by molar-refractivity contribution is 0.0176. The van der Waals surface area contributed by atoms with E-state index in [1.165, 1.54) is 0 Å². The van der Waals surface area contributed by atoms with Crippen molar-refractivity contribution >= 4 is 0 Å². The summed E-state index contributed by atoms with van der Waals surface area (Å²) in [6, 6.07) is -0.467. The van der Waals surface area contributed by atoms with Crippen LogP contribution in [0.15, 0.2) is 0 Å². The molecule has 1 aliphatic rings. The zero-order chi connectivity index (χ0) is 10.0. The molecular weight excluding hydrogens is 170 g/mol. The SMILES string of the molecule is CC(C)CC1NC(CO)[C@H](O)C1O. The molecule has 0 amide bonds. The van der Waals surface area contributed by atoms with E-state index in [1.54, 1.807) is 0 Å². The highest BCUT2D eigenvalue weighted by Crippen LogP contribution is 2.19. The average molecular weight is 189 g/mol. The Labute approximate surface area is 78.6 Å². The second kappa shape index (κ2) is 4.37. The molecule has 4 N–H and O–H groups in total. The maximum atomic E-state index is 9.58. The monoisotopic (exact) mass is 189 g/mol. The van der Waals surface area contributed by atoms with E-state index in [0.29, 0.717) is 5.92 Å². The third kappa shape index (κ3) is 2.40. The van der Waals surface area contributed by atoms with Gasteiger partial charge in [0.25, 0.3) is 0 Å². The summed E-state index contributed by atoms with van der Waals surface area (Å²) < 4.78 is 0. The lowest BCUT2D eigenvalue weighted by atomic mass is 9.99. The Morgan fingerprint density at radius 1 is 1.15 bits per heavy atom. The van der Waals surface area contributed by atoms with Crippen LogP contribution < -0.4 is 5.32 Å². The Hall–Kier alpha value is -0.160. The van der Waals surface area contributed by atoms with Gasteiger partial charge in [-0.25, -0.2) is 0 Å². The van der Waals surface area contributed by atoms with Crippen LogP contribution in [0.1, 0.15) is 20.3 Å². The largest absolute Gasteiger partial charge is 0.395 e. The number of nitrogens with one attached hydrogen (secondary N) is 1. The Kier molecular flexibility index (Phi) is 3.67. The number of aliphatic hydroxyl groups excluding tert-OH is 3. The minimum atomic E-state index is -0.839. The van der Waals surface area contributed by atoms with Crippen molar-refractivity contribution in [3.63, 3.8) is 0 Å². The maximum Gasteiger partial charge on any atom is 0.0989 e. The first-order valence-corrected chi connectivity index (χ1v) is 4.79. The molecular formula is C9H19NO3. The predicted molar refractivity (Wildman–Crippen MR) is 49.3 cm³/mol. The fraction of sp³-hybridized carbons (Fsp3) is 1.00. The molecule has 3 unspecified atom stereocenters. The van der Waals surface area contributed by atoms with Crippen molar-refractivity contribution in [2.75, 3.05) is 6.61 Å². The predicted octanol–water partition coefficient (Wildman–Crippen LogP) is -0.913. The average Bonchev–Trinajstić information content (AvgIpc) is 2.32. The van der Waals surface area contributed by atoms with Crippen LogP contribution >= 0.6 is 0 Å². The standard InChI is InChI=1S/C9H19NO3/c1-5(2)3-6-8(12)9(13)7(4-11)10-6/h5-13H,3-4H2,1-2H3/t6?,7?,8?,9-/m0/s1. The third-order valence-corrected chi connectivity index (χ3v) is 2.52. The maximum absolute atomic E-state index is 9.58. The molecule has 0 aromatic carbocycles. The van der Waals surface area contributed by atoms with Crippen LogP contribution in [0.3, 0.4) is 0 Å². The van der Waals surface area contributed by atoms with Crippen molar-refractivity contribution in [2.24, 2.45) is 5.92 Å². The van der Waals surface area contributed by atoms with E-state index in [2.05, 4.69) is 19.2 Å². The van der Waals surface area contributed by atoms with Crippen molar-refractivity contribution in [1.29, 1.82) is 0 Å². The van der Waals surface area contributed by atoms with Crippen LogP contribution in [0.5, 0.6) is 0 Å².